The molecule has 0 spiro atoms. The van der Waals surface area contributed by atoms with Crippen molar-refractivity contribution >= 4 is 26.9 Å². The second kappa shape index (κ2) is 4.23. The molecule has 0 heterocycles. The van der Waals surface area contributed by atoms with Gasteiger partial charge in [0.25, 0.3) is 0 Å². The molecule has 94 valence electrons. The molecule has 2 aromatic carbocycles. The summed E-state index contributed by atoms with van der Waals surface area (Å²) in [4.78, 5) is -0.0856. The minimum Gasteiger partial charge on any atom is -0.398 e. The summed E-state index contributed by atoms with van der Waals surface area (Å²) < 4.78 is 24.9. The van der Waals surface area contributed by atoms with E-state index in [-0.39, 0.29) is 26.9 Å². The van der Waals surface area contributed by atoms with E-state index in [9.17, 15) is 8.42 Å². The molecule has 0 atom stereocenters. The molecule has 5 nitrogen and oxygen atoms in total. The van der Waals surface area contributed by atoms with Crippen LogP contribution in [0.2, 0.25) is 0 Å². The first-order valence-corrected chi connectivity index (χ1v) is 6.66. The van der Waals surface area contributed by atoms with Crippen LogP contribution in [0.3, 0.4) is 0 Å². The fraction of sp³-hybridized carbons (Fsp3) is 0. The first kappa shape index (κ1) is 12.3. The second-order valence-corrected chi connectivity index (χ2v) is 5.66. The average Bonchev–Trinajstić information content (AvgIpc) is 2.28. The maximum Gasteiger partial charge on any atom is 0.212 e. The maximum atomic E-state index is 12.5. The van der Waals surface area contributed by atoms with Crippen molar-refractivity contribution in [2.75, 3.05) is 17.2 Å². The monoisotopic (exact) mass is 263 g/mol. The van der Waals surface area contributed by atoms with Crippen molar-refractivity contribution in [3.8, 4) is 0 Å². The van der Waals surface area contributed by atoms with Gasteiger partial charge in [0.15, 0.2) is 0 Å². The van der Waals surface area contributed by atoms with Crippen molar-refractivity contribution in [2.45, 2.75) is 9.79 Å². The van der Waals surface area contributed by atoms with Gasteiger partial charge in [-0.2, -0.15) is 0 Å². The van der Waals surface area contributed by atoms with E-state index in [0.717, 1.165) is 0 Å². The fourth-order valence-electron chi connectivity index (χ4n) is 1.72. The molecule has 0 bridgehead atoms. The summed E-state index contributed by atoms with van der Waals surface area (Å²) in [5.74, 6) is 0. The zero-order chi connectivity index (χ0) is 13.3. The molecule has 2 aromatic rings. The predicted octanol–water partition coefficient (Wildman–Crippen LogP) is 1.27. The number of hydrogen-bond acceptors (Lipinski definition) is 5. The maximum absolute atomic E-state index is 12.5. The molecule has 0 aromatic heterocycles. The Labute approximate surface area is 105 Å². The molecule has 0 radical (unpaired) electrons. The van der Waals surface area contributed by atoms with Crippen molar-refractivity contribution < 1.29 is 8.42 Å². The number of para-hydroxylation sites is 1. The van der Waals surface area contributed by atoms with E-state index in [1.807, 2.05) is 0 Å². The van der Waals surface area contributed by atoms with Crippen molar-refractivity contribution in [2.24, 2.45) is 0 Å². The molecule has 18 heavy (non-hydrogen) atoms. The summed E-state index contributed by atoms with van der Waals surface area (Å²) in [6.07, 6.45) is 0. The summed E-state index contributed by atoms with van der Waals surface area (Å²) in [5.41, 5.74) is 17.5. The van der Waals surface area contributed by atoms with Crippen molar-refractivity contribution in [1.82, 2.24) is 0 Å². The molecule has 0 aliphatic heterocycles. The van der Waals surface area contributed by atoms with Crippen LogP contribution in [0, 0.1) is 0 Å². The van der Waals surface area contributed by atoms with E-state index in [1.54, 1.807) is 18.2 Å². The standard InChI is InChI=1S/C12H13N3O2S/c13-8-4-1-2-7-11(8)18(16,17)12-9(14)5-3-6-10(12)15/h1-7H,13-15H2. The van der Waals surface area contributed by atoms with Crippen LogP contribution in [0.4, 0.5) is 17.1 Å². The van der Waals surface area contributed by atoms with E-state index in [4.69, 9.17) is 17.2 Å². The number of sulfone groups is 1. The summed E-state index contributed by atoms with van der Waals surface area (Å²) in [5, 5.41) is 0. The molecule has 0 fully saturated rings. The van der Waals surface area contributed by atoms with Gasteiger partial charge in [-0.05, 0) is 24.3 Å². The number of nitrogen functional groups attached to an aromatic ring is 3. The van der Waals surface area contributed by atoms with Gasteiger partial charge in [-0.15, -0.1) is 0 Å². The highest BCUT2D eigenvalue weighted by Gasteiger charge is 2.24. The van der Waals surface area contributed by atoms with Crippen LogP contribution in [-0.2, 0) is 9.84 Å². The van der Waals surface area contributed by atoms with Crippen molar-refractivity contribution in [3.05, 3.63) is 42.5 Å². The quantitative estimate of drug-likeness (QED) is 0.706. The van der Waals surface area contributed by atoms with Gasteiger partial charge in [-0.3, -0.25) is 0 Å². The van der Waals surface area contributed by atoms with Crippen LogP contribution in [0.5, 0.6) is 0 Å². The summed E-state index contributed by atoms with van der Waals surface area (Å²) in [7, 11) is -3.81. The van der Waals surface area contributed by atoms with Crippen LogP contribution in [-0.4, -0.2) is 8.42 Å². The molecule has 0 unspecified atom stereocenters. The van der Waals surface area contributed by atoms with Crippen molar-refractivity contribution in [3.63, 3.8) is 0 Å². The Morgan fingerprint density at radius 1 is 0.722 bits per heavy atom. The van der Waals surface area contributed by atoms with Crippen molar-refractivity contribution in [1.29, 1.82) is 0 Å². The smallest absolute Gasteiger partial charge is 0.212 e. The van der Waals surface area contributed by atoms with Gasteiger partial charge in [0.2, 0.25) is 9.84 Å². The van der Waals surface area contributed by atoms with Gasteiger partial charge in [0, 0.05) is 0 Å². The normalized spacial score (nSPS) is 11.3. The lowest BCUT2D eigenvalue weighted by atomic mass is 10.3. The SMILES string of the molecule is Nc1ccccc1S(=O)(=O)c1c(N)cccc1N. The number of nitrogens with two attached hydrogens (primary N) is 3. The lowest BCUT2D eigenvalue weighted by Gasteiger charge is -2.11. The van der Waals surface area contributed by atoms with Gasteiger partial charge >= 0.3 is 0 Å². The first-order valence-electron chi connectivity index (χ1n) is 5.18. The van der Waals surface area contributed by atoms with Gasteiger partial charge in [-0.1, -0.05) is 18.2 Å². The average molecular weight is 263 g/mol. The zero-order valence-electron chi connectivity index (χ0n) is 9.50. The van der Waals surface area contributed by atoms with E-state index >= 15 is 0 Å². The summed E-state index contributed by atoms with van der Waals surface area (Å²) in [6, 6.07) is 10.8. The summed E-state index contributed by atoms with van der Waals surface area (Å²) >= 11 is 0. The Balaban J connectivity index is 2.75. The molecule has 0 amide bonds. The highest BCUT2D eigenvalue weighted by atomic mass is 32.2. The molecular weight excluding hydrogens is 250 g/mol. The fourth-order valence-corrected chi connectivity index (χ4v) is 3.33. The molecule has 0 saturated heterocycles. The Morgan fingerprint density at radius 3 is 1.78 bits per heavy atom. The highest BCUT2D eigenvalue weighted by molar-refractivity contribution is 7.92. The molecule has 0 aliphatic rings. The van der Waals surface area contributed by atoms with Gasteiger partial charge in [0.05, 0.1) is 22.0 Å². The van der Waals surface area contributed by atoms with Crippen LogP contribution in [0.1, 0.15) is 0 Å². The topological polar surface area (TPSA) is 112 Å². The molecule has 6 heteroatoms. The van der Waals surface area contributed by atoms with Gasteiger partial charge in [-0.25, -0.2) is 8.42 Å². The molecule has 2 rings (SSSR count). The van der Waals surface area contributed by atoms with E-state index in [0.29, 0.717) is 0 Å². The lowest BCUT2D eigenvalue weighted by molar-refractivity contribution is 0.597. The minimum atomic E-state index is -3.81. The van der Waals surface area contributed by atoms with Gasteiger partial charge < -0.3 is 17.2 Å². The third kappa shape index (κ3) is 1.86. The minimum absolute atomic E-state index is 0.00889. The van der Waals surface area contributed by atoms with E-state index in [2.05, 4.69) is 0 Å². The third-order valence-electron chi connectivity index (χ3n) is 2.55. The second-order valence-electron chi connectivity index (χ2n) is 3.81. The highest BCUT2D eigenvalue weighted by Crippen LogP contribution is 2.32. The molecular formula is C12H13N3O2S. The van der Waals surface area contributed by atoms with E-state index in [1.165, 1.54) is 24.3 Å². The van der Waals surface area contributed by atoms with Crippen LogP contribution in [0.15, 0.2) is 52.3 Å². The Kier molecular flexibility index (Phi) is 2.88. The largest absolute Gasteiger partial charge is 0.398 e. The molecule has 0 aliphatic carbocycles. The van der Waals surface area contributed by atoms with E-state index < -0.39 is 9.84 Å². The predicted molar refractivity (Wildman–Crippen MR) is 71.6 cm³/mol. The molecule has 0 saturated carbocycles. The third-order valence-corrected chi connectivity index (χ3v) is 4.51. The van der Waals surface area contributed by atoms with Crippen LogP contribution < -0.4 is 17.2 Å². The first-order chi connectivity index (χ1) is 8.44. The van der Waals surface area contributed by atoms with Gasteiger partial charge in [0.1, 0.15) is 4.90 Å². The lowest BCUT2D eigenvalue weighted by Crippen LogP contribution is -2.10. The zero-order valence-corrected chi connectivity index (χ0v) is 10.3. The number of hydrogen-bond donors (Lipinski definition) is 3. The Bertz CT molecular complexity index is 676. The van der Waals surface area contributed by atoms with Crippen LogP contribution in [0.25, 0.3) is 0 Å². The number of benzene rings is 2. The van der Waals surface area contributed by atoms with Crippen LogP contribution >= 0.6 is 0 Å². The number of anilines is 3. The summed E-state index contributed by atoms with van der Waals surface area (Å²) in [6.45, 7) is 0. The Hall–Kier alpha value is -2.21. The Morgan fingerprint density at radius 2 is 1.22 bits per heavy atom. The number of rotatable bonds is 2. The molecule has 6 N–H and O–H groups in total.